The van der Waals surface area contributed by atoms with Gasteiger partial charge < -0.3 is 10.1 Å². The number of ether oxygens (including phenoxy) is 1. The third-order valence-corrected chi connectivity index (χ3v) is 3.35. The number of rotatable bonds is 3. The molecule has 0 amide bonds. The molecule has 0 saturated heterocycles. The first-order valence-electron chi connectivity index (χ1n) is 6.90. The van der Waals surface area contributed by atoms with Gasteiger partial charge in [0.25, 0.3) is 0 Å². The van der Waals surface area contributed by atoms with Gasteiger partial charge in [-0.05, 0) is 29.2 Å². The van der Waals surface area contributed by atoms with Crippen molar-refractivity contribution >= 4 is 11.4 Å². The smallest absolute Gasteiger partial charge is 0.121 e. The molecule has 0 aliphatic heterocycles. The van der Waals surface area contributed by atoms with E-state index >= 15 is 0 Å². The first-order chi connectivity index (χ1) is 9.95. The molecule has 2 aromatic carbocycles. The van der Waals surface area contributed by atoms with Gasteiger partial charge in [0.2, 0.25) is 0 Å². The molecule has 0 heterocycles. The molecule has 0 aliphatic rings. The van der Waals surface area contributed by atoms with Crippen LogP contribution in [-0.2, 0) is 5.41 Å². The van der Waals surface area contributed by atoms with Crippen LogP contribution in [0.15, 0.2) is 42.5 Å². The molecule has 21 heavy (non-hydrogen) atoms. The number of methoxy groups -OCH3 is 1. The molecule has 0 unspecified atom stereocenters. The zero-order valence-electron chi connectivity index (χ0n) is 12.9. The average Bonchev–Trinajstić information content (AvgIpc) is 2.46. The fourth-order valence-electron chi connectivity index (χ4n) is 2.24. The molecule has 0 aliphatic carbocycles. The predicted octanol–water partition coefficient (Wildman–Crippen LogP) is 4.61. The lowest BCUT2D eigenvalue weighted by Crippen LogP contribution is -2.13. The summed E-state index contributed by atoms with van der Waals surface area (Å²) in [4.78, 5) is 0. The monoisotopic (exact) mass is 280 g/mol. The maximum atomic E-state index is 9.26. The van der Waals surface area contributed by atoms with Crippen LogP contribution in [0.5, 0.6) is 5.75 Å². The maximum absolute atomic E-state index is 9.26. The summed E-state index contributed by atoms with van der Waals surface area (Å²) >= 11 is 0. The van der Waals surface area contributed by atoms with Crippen molar-refractivity contribution in [3.63, 3.8) is 0 Å². The molecule has 0 aromatic heterocycles. The van der Waals surface area contributed by atoms with Crippen LogP contribution in [0.25, 0.3) is 0 Å². The van der Waals surface area contributed by atoms with Crippen LogP contribution < -0.4 is 10.1 Å². The van der Waals surface area contributed by atoms with Gasteiger partial charge in [-0.1, -0.05) is 39.0 Å². The lowest BCUT2D eigenvalue weighted by molar-refractivity contribution is 0.415. The van der Waals surface area contributed by atoms with Gasteiger partial charge in [-0.2, -0.15) is 5.26 Å². The largest absolute Gasteiger partial charge is 0.497 e. The first-order valence-corrected chi connectivity index (χ1v) is 6.90. The molecule has 2 rings (SSSR count). The number of nitrogens with zero attached hydrogens (tertiary/aromatic N) is 1. The third-order valence-electron chi connectivity index (χ3n) is 3.35. The molecule has 108 valence electrons. The number of nitrogens with one attached hydrogen (secondary N) is 1. The van der Waals surface area contributed by atoms with Gasteiger partial charge in [-0.3, -0.25) is 0 Å². The Morgan fingerprint density at radius 1 is 1.05 bits per heavy atom. The highest BCUT2D eigenvalue weighted by molar-refractivity contribution is 5.70. The summed E-state index contributed by atoms with van der Waals surface area (Å²) in [6.45, 7) is 6.51. The first kappa shape index (κ1) is 14.9. The fraction of sp³-hybridized carbons (Fsp3) is 0.278. The fourth-order valence-corrected chi connectivity index (χ4v) is 2.24. The van der Waals surface area contributed by atoms with E-state index < -0.39 is 0 Å². The van der Waals surface area contributed by atoms with Gasteiger partial charge in [-0.25, -0.2) is 0 Å². The molecule has 0 atom stereocenters. The zero-order chi connectivity index (χ0) is 15.5. The highest BCUT2D eigenvalue weighted by Crippen LogP contribution is 2.33. The Morgan fingerprint density at radius 3 is 2.38 bits per heavy atom. The second kappa shape index (κ2) is 5.88. The number of nitriles is 1. The van der Waals surface area contributed by atoms with Crippen LogP contribution in [0, 0.1) is 11.3 Å². The predicted molar refractivity (Wildman–Crippen MR) is 86.1 cm³/mol. The van der Waals surface area contributed by atoms with Crippen LogP contribution in [-0.4, -0.2) is 7.11 Å². The molecule has 0 saturated carbocycles. The van der Waals surface area contributed by atoms with Crippen molar-refractivity contribution in [2.24, 2.45) is 0 Å². The van der Waals surface area contributed by atoms with Gasteiger partial charge in [0.15, 0.2) is 0 Å². The van der Waals surface area contributed by atoms with E-state index in [1.807, 2.05) is 24.3 Å². The van der Waals surface area contributed by atoms with E-state index in [9.17, 15) is 5.26 Å². The van der Waals surface area contributed by atoms with E-state index in [0.29, 0.717) is 5.56 Å². The van der Waals surface area contributed by atoms with Crippen LogP contribution in [0.1, 0.15) is 31.9 Å². The maximum Gasteiger partial charge on any atom is 0.121 e. The molecule has 0 spiro atoms. The lowest BCUT2D eigenvalue weighted by Gasteiger charge is -2.23. The van der Waals surface area contributed by atoms with Gasteiger partial charge in [0, 0.05) is 11.8 Å². The second-order valence-electron chi connectivity index (χ2n) is 5.94. The minimum Gasteiger partial charge on any atom is -0.497 e. The number of benzene rings is 2. The summed E-state index contributed by atoms with van der Waals surface area (Å²) in [6.07, 6.45) is 0. The van der Waals surface area contributed by atoms with Crippen molar-refractivity contribution in [1.82, 2.24) is 0 Å². The van der Waals surface area contributed by atoms with Crippen molar-refractivity contribution < 1.29 is 4.74 Å². The van der Waals surface area contributed by atoms with Crippen molar-refractivity contribution in [3.8, 4) is 11.8 Å². The van der Waals surface area contributed by atoms with Gasteiger partial charge in [0.1, 0.15) is 11.8 Å². The SMILES string of the molecule is COc1ccc(C#N)c(Nc2ccccc2C(C)(C)C)c1. The van der Waals surface area contributed by atoms with E-state index in [1.165, 1.54) is 5.56 Å². The Kier molecular flexibility index (Phi) is 4.18. The van der Waals surface area contributed by atoms with E-state index in [2.05, 4.69) is 38.2 Å². The Labute approximate surface area is 126 Å². The van der Waals surface area contributed by atoms with Gasteiger partial charge in [-0.15, -0.1) is 0 Å². The summed E-state index contributed by atoms with van der Waals surface area (Å²) in [5.41, 5.74) is 3.59. The molecule has 3 nitrogen and oxygen atoms in total. The van der Waals surface area contributed by atoms with Crippen molar-refractivity contribution in [2.75, 3.05) is 12.4 Å². The van der Waals surface area contributed by atoms with E-state index in [-0.39, 0.29) is 5.41 Å². The van der Waals surface area contributed by atoms with E-state index in [4.69, 9.17) is 4.74 Å². The van der Waals surface area contributed by atoms with Crippen LogP contribution in [0.3, 0.4) is 0 Å². The Bertz CT molecular complexity index is 678. The minimum atomic E-state index is 0.0231. The summed E-state index contributed by atoms with van der Waals surface area (Å²) in [7, 11) is 1.62. The third kappa shape index (κ3) is 3.35. The standard InChI is InChI=1S/C18H20N2O/c1-18(2,3)15-7-5-6-8-16(15)20-17-11-14(21-4)10-9-13(17)12-19/h5-11,20H,1-4H3. The quantitative estimate of drug-likeness (QED) is 0.893. The zero-order valence-corrected chi connectivity index (χ0v) is 12.9. The molecule has 3 heteroatoms. The van der Waals surface area contributed by atoms with E-state index in [1.54, 1.807) is 19.2 Å². The summed E-state index contributed by atoms with van der Waals surface area (Å²) in [6, 6.07) is 15.8. The highest BCUT2D eigenvalue weighted by Gasteiger charge is 2.18. The topological polar surface area (TPSA) is 45.0 Å². The molecule has 2 aromatic rings. The van der Waals surface area contributed by atoms with Crippen molar-refractivity contribution in [2.45, 2.75) is 26.2 Å². The Morgan fingerprint density at radius 2 is 1.76 bits per heavy atom. The number of anilines is 2. The van der Waals surface area contributed by atoms with E-state index in [0.717, 1.165) is 17.1 Å². The summed E-state index contributed by atoms with van der Waals surface area (Å²) < 4.78 is 5.24. The average molecular weight is 280 g/mol. The molecule has 0 fully saturated rings. The number of para-hydroxylation sites is 1. The summed E-state index contributed by atoms with van der Waals surface area (Å²) in [5.74, 6) is 0.727. The molecular weight excluding hydrogens is 260 g/mol. The molecule has 0 radical (unpaired) electrons. The van der Waals surface area contributed by atoms with Crippen LogP contribution in [0.2, 0.25) is 0 Å². The highest BCUT2D eigenvalue weighted by atomic mass is 16.5. The molecular formula is C18H20N2O. The van der Waals surface area contributed by atoms with Crippen LogP contribution in [0.4, 0.5) is 11.4 Å². The van der Waals surface area contributed by atoms with Crippen LogP contribution >= 0.6 is 0 Å². The number of hydrogen-bond acceptors (Lipinski definition) is 3. The Hall–Kier alpha value is -2.47. The number of hydrogen-bond donors (Lipinski definition) is 1. The van der Waals surface area contributed by atoms with Crippen molar-refractivity contribution in [3.05, 3.63) is 53.6 Å². The van der Waals surface area contributed by atoms with Gasteiger partial charge >= 0.3 is 0 Å². The Balaban J connectivity index is 2.46. The summed E-state index contributed by atoms with van der Waals surface area (Å²) in [5, 5.41) is 12.6. The minimum absolute atomic E-state index is 0.0231. The van der Waals surface area contributed by atoms with Gasteiger partial charge in [0.05, 0.1) is 18.4 Å². The van der Waals surface area contributed by atoms with Crippen molar-refractivity contribution in [1.29, 1.82) is 5.26 Å². The second-order valence-corrected chi connectivity index (χ2v) is 5.94. The lowest BCUT2D eigenvalue weighted by atomic mass is 9.85. The molecule has 1 N–H and O–H groups in total. The normalized spacial score (nSPS) is 10.8. The molecule has 0 bridgehead atoms.